The minimum atomic E-state index is -0.215. The Labute approximate surface area is 172 Å². The van der Waals surface area contributed by atoms with Gasteiger partial charge in [0.2, 0.25) is 0 Å². The SMILES string of the molecule is CC(C)Oc1ccc(C(=O)Nc2ncc(Cc3cccc(Cl)c3Cl)s2)cc1. The second kappa shape index (κ2) is 8.74. The number of halogens is 2. The Morgan fingerprint density at radius 2 is 1.93 bits per heavy atom. The number of nitrogens with zero attached hydrogens (tertiary/aromatic N) is 1. The largest absolute Gasteiger partial charge is 0.491 e. The molecule has 140 valence electrons. The second-order valence-electron chi connectivity index (χ2n) is 6.17. The van der Waals surface area contributed by atoms with E-state index in [0.717, 1.165) is 16.2 Å². The van der Waals surface area contributed by atoms with Crippen LogP contribution in [0.15, 0.2) is 48.7 Å². The summed E-state index contributed by atoms with van der Waals surface area (Å²) >= 11 is 13.7. The molecular weight excluding hydrogens is 403 g/mol. The number of rotatable bonds is 6. The Hall–Kier alpha value is -2.08. The van der Waals surface area contributed by atoms with E-state index in [9.17, 15) is 4.79 Å². The van der Waals surface area contributed by atoms with Crippen LogP contribution in [-0.2, 0) is 6.42 Å². The highest BCUT2D eigenvalue weighted by atomic mass is 35.5. The quantitative estimate of drug-likeness (QED) is 0.525. The van der Waals surface area contributed by atoms with Crippen LogP contribution in [0.2, 0.25) is 10.0 Å². The fraction of sp³-hybridized carbons (Fsp3) is 0.200. The van der Waals surface area contributed by atoms with Gasteiger partial charge in [0, 0.05) is 23.1 Å². The van der Waals surface area contributed by atoms with Crippen LogP contribution < -0.4 is 10.1 Å². The number of nitrogens with one attached hydrogen (secondary N) is 1. The van der Waals surface area contributed by atoms with E-state index in [1.54, 1.807) is 36.5 Å². The van der Waals surface area contributed by atoms with Crippen LogP contribution in [0.25, 0.3) is 0 Å². The molecule has 0 aliphatic rings. The normalized spacial score (nSPS) is 10.9. The van der Waals surface area contributed by atoms with Crippen LogP contribution in [0, 0.1) is 0 Å². The van der Waals surface area contributed by atoms with Gasteiger partial charge in [0.1, 0.15) is 5.75 Å². The number of ether oxygens (including phenoxy) is 1. The maximum absolute atomic E-state index is 12.4. The summed E-state index contributed by atoms with van der Waals surface area (Å²) in [6, 6.07) is 12.6. The molecule has 1 amide bonds. The minimum absolute atomic E-state index is 0.0893. The monoisotopic (exact) mass is 420 g/mol. The molecule has 0 saturated heterocycles. The zero-order valence-electron chi connectivity index (χ0n) is 14.8. The van der Waals surface area contributed by atoms with E-state index in [4.69, 9.17) is 27.9 Å². The molecule has 7 heteroatoms. The molecular formula is C20H18Cl2N2O2S. The highest BCUT2D eigenvalue weighted by molar-refractivity contribution is 7.15. The van der Waals surface area contributed by atoms with Crippen molar-refractivity contribution in [2.24, 2.45) is 0 Å². The maximum Gasteiger partial charge on any atom is 0.257 e. The standard InChI is InChI=1S/C20H18Cl2N2O2S/c1-12(2)26-15-8-6-13(7-9-15)19(25)24-20-23-11-16(27-20)10-14-4-3-5-17(21)18(14)22/h3-9,11-12H,10H2,1-2H3,(H,23,24,25). The van der Waals surface area contributed by atoms with E-state index >= 15 is 0 Å². The molecule has 0 bridgehead atoms. The topological polar surface area (TPSA) is 51.2 Å². The van der Waals surface area contributed by atoms with E-state index in [1.807, 2.05) is 26.0 Å². The van der Waals surface area contributed by atoms with Crippen molar-refractivity contribution >= 4 is 45.6 Å². The summed E-state index contributed by atoms with van der Waals surface area (Å²) in [6.45, 7) is 3.91. The van der Waals surface area contributed by atoms with Gasteiger partial charge in [-0.1, -0.05) is 35.3 Å². The van der Waals surface area contributed by atoms with Crippen LogP contribution in [0.3, 0.4) is 0 Å². The highest BCUT2D eigenvalue weighted by Gasteiger charge is 2.11. The first kappa shape index (κ1) is 19.7. The van der Waals surface area contributed by atoms with Crippen molar-refractivity contribution in [3.63, 3.8) is 0 Å². The lowest BCUT2D eigenvalue weighted by Gasteiger charge is -2.09. The molecule has 4 nitrogen and oxygen atoms in total. The molecule has 1 N–H and O–H groups in total. The van der Waals surface area contributed by atoms with E-state index in [0.29, 0.717) is 27.2 Å². The highest BCUT2D eigenvalue weighted by Crippen LogP contribution is 2.29. The predicted octanol–water partition coefficient (Wildman–Crippen LogP) is 6.08. The first-order chi connectivity index (χ1) is 12.9. The first-order valence-electron chi connectivity index (χ1n) is 8.38. The average molecular weight is 421 g/mol. The number of benzene rings is 2. The molecule has 0 spiro atoms. The van der Waals surface area contributed by atoms with Gasteiger partial charge in [-0.2, -0.15) is 0 Å². The fourth-order valence-electron chi connectivity index (χ4n) is 2.45. The van der Waals surface area contributed by atoms with Crippen LogP contribution in [-0.4, -0.2) is 17.0 Å². The van der Waals surface area contributed by atoms with Crippen LogP contribution in [0.4, 0.5) is 5.13 Å². The Balaban J connectivity index is 1.65. The van der Waals surface area contributed by atoms with Crippen LogP contribution >= 0.6 is 34.5 Å². The van der Waals surface area contributed by atoms with Gasteiger partial charge in [0.05, 0.1) is 16.1 Å². The summed E-state index contributed by atoms with van der Waals surface area (Å²) in [5.74, 6) is 0.518. The Bertz CT molecular complexity index is 939. The first-order valence-corrected chi connectivity index (χ1v) is 9.95. The molecule has 0 radical (unpaired) electrons. The van der Waals surface area contributed by atoms with Crippen molar-refractivity contribution < 1.29 is 9.53 Å². The van der Waals surface area contributed by atoms with Crippen molar-refractivity contribution in [1.29, 1.82) is 0 Å². The molecule has 0 saturated carbocycles. The van der Waals surface area contributed by atoms with E-state index < -0.39 is 0 Å². The lowest BCUT2D eigenvalue weighted by Crippen LogP contribution is -2.11. The van der Waals surface area contributed by atoms with Crippen LogP contribution in [0.1, 0.15) is 34.6 Å². The van der Waals surface area contributed by atoms with Crippen molar-refractivity contribution in [2.45, 2.75) is 26.4 Å². The van der Waals surface area contributed by atoms with Crippen molar-refractivity contribution in [1.82, 2.24) is 4.98 Å². The smallest absolute Gasteiger partial charge is 0.257 e. The van der Waals surface area contributed by atoms with Crippen molar-refractivity contribution in [3.05, 3.63) is 74.7 Å². The number of carbonyl (C=O) groups excluding carboxylic acids is 1. The van der Waals surface area contributed by atoms with Gasteiger partial charge in [-0.3, -0.25) is 10.1 Å². The zero-order valence-corrected chi connectivity index (χ0v) is 17.2. The lowest BCUT2D eigenvalue weighted by atomic mass is 10.1. The third-order valence-electron chi connectivity index (χ3n) is 3.66. The summed E-state index contributed by atoms with van der Waals surface area (Å²) in [5, 5.41) is 4.43. The molecule has 0 aliphatic carbocycles. The molecule has 1 heterocycles. The summed E-state index contributed by atoms with van der Waals surface area (Å²) < 4.78 is 5.58. The van der Waals surface area contributed by atoms with Gasteiger partial charge in [-0.25, -0.2) is 4.98 Å². The van der Waals surface area contributed by atoms with Gasteiger partial charge in [0.25, 0.3) is 5.91 Å². The molecule has 27 heavy (non-hydrogen) atoms. The number of amides is 1. The van der Waals surface area contributed by atoms with Gasteiger partial charge in [-0.05, 0) is 49.7 Å². The number of carbonyl (C=O) groups is 1. The summed E-state index contributed by atoms with van der Waals surface area (Å²) in [4.78, 5) is 17.6. The lowest BCUT2D eigenvalue weighted by molar-refractivity contribution is 0.102. The maximum atomic E-state index is 12.4. The van der Waals surface area contributed by atoms with Crippen molar-refractivity contribution in [2.75, 3.05) is 5.32 Å². The molecule has 1 aromatic heterocycles. The predicted molar refractivity (Wildman–Crippen MR) is 112 cm³/mol. The molecule has 3 aromatic rings. The van der Waals surface area contributed by atoms with Gasteiger partial charge in [-0.15, -0.1) is 11.3 Å². The Kier molecular flexibility index (Phi) is 6.37. The molecule has 3 rings (SSSR count). The number of hydrogen-bond donors (Lipinski definition) is 1. The van der Waals surface area contributed by atoms with E-state index in [1.165, 1.54) is 11.3 Å². The number of thiazole rings is 1. The number of hydrogen-bond acceptors (Lipinski definition) is 4. The third kappa shape index (κ3) is 5.22. The summed E-state index contributed by atoms with van der Waals surface area (Å²) in [6.07, 6.45) is 2.43. The Morgan fingerprint density at radius 3 is 2.63 bits per heavy atom. The minimum Gasteiger partial charge on any atom is -0.491 e. The van der Waals surface area contributed by atoms with Gasteiger partial charge in [0.15, 0.2) is 5.13 Å². The number of aromatic nitrogens is 1. The van der Waals surface area contributed by atoms with Gasteiger partial charge < -0.3 is 4.74 Å². The summed E-state index contributed by atoms with van der Waals surface area (Å²) in [7, 11) is 0. The number of anilines is 1. The van der Waals surface area contributed by atoms with Crippen LogP contribution in [0.5, 0.6) is 5.75 Å². The second-order valence-corrected chi connectivity index (χ2v) is 8.07. The molecule has 0 aliphatic heterocycles. The van der Waals surface area contributed by atoms with Crippen molar-refractivity contribution in [3.8, 4) is 5.75 Å². The molecule has 2 aromatic carbocycles. The fourth-order valence-corrected chi connectivity index (χ4v) is 3.66. The van der Waals surface area contributed by atoms with E-state index in [-0.39, 0.29) is 12.0 Å². The van der Waals surface area contributed by atoms with Gasteiger partial charge >= 0.3 is 0 Å². The third-order valence-corrected chi connectivity index (χ3v) is 5.43. The van der Waals surface area contributed by atoms with E-state index in [2.05, 4.69) is 10.3 Å². The molecule has 0 fully saturated rings. The molecule has 0 unspecified atom stereocenters. The molecule has 0 atom stereocenters. The zero-order chi connectivity index (χ0) is 19.4. The summed E-state index contributed by atoms with van der Waals surface area (Å²) in [5.41, 5.74) is 1.46. The average Bonchev–Trinajstić information content (AvgIpc) is 3.06. The Morgan fingerprint density at radius 1 is 1.19 bits per heavy atom.